The molecule has 0 fully saturated rings. The molecule has 0 N–H and O–H groups in total. The molecule has 1 aromatic heterocycles. The molecule has 2 heteroatoms. The summed E-state index contributed by atoms with van der Waals surface area (Å²) in [5, 5.41) is 2.85. The lowest BCUT2D eigenvalue weighted by atomic mass is 9.89. The Hall–Kier alpha value is -2.48. The molecule has 3 aromatic rings. The van der Waals surface area contributed by atoms with Crippen LogP contribution in [0.1, 0.15) is 25.3 Å². The number of benzene rings is 2. The van der Waals surface area contributed by atoms with Crippen LogP contribution in [0, 0.1) is 0 Å². The predicted octanol–water partition coefficient (Wildman–Crippen LogP) is 5.23. The minimum absolute atomic E-state index is 0.462. The predicted molar refractivity (Wildman–Crippen MR) is 103 cm³/mol. The number of anilines is 1. The molecule has 2 aliphatic rings. The summed E-state index contributed by atoms with van der Waals surface area (Å²) < 4.78 is 2.46. The third-order valence-corrected chi connectivity index (χ3v) is 5.72. The van der Waals surface area contributed by atoms with Gasteiger partial charge in [-0.1, -0.05) is 42.5 Å². The highest BCUT2D eigenvalue weighted by atomic mass is 15.2. The molecule has 120 valence electrons. The van der Waals surface area contributed by atoms with Crippen molar-refractivity contribution < 1.29 is 0 Å². The zero-order valence-corrected chi connectivity index (χ0v) is 14.2. The monoisotopic (exact) mass is 314 g/mol. The number of nitrogens with zero attached hydrogens (tertiary/aromatic N) is 2. The van der Waals surface area contributed by atoms with Gasteiger partial charge in [-0.25, -0.2) is 0 Å². The van der Waals surface area contributed by atoms with Crippen LogP contribution in [0.4, 0.5) is 5.69 Å². The van der Waals surface area contributed by atoms with Gasteiger partial charge in [0, 0.05) is 46.5 Å². The standard InChI is InChI=1S/C22H22N2/c1-3-23-17-11-7-5-9-15(17)21-19(23)13-14-20-22(21)16-10-6-8-12-18(16)24(20)4-2/h5-15,17H,3-4H2,1-2H3. The third-order valence-electron chi connectivity index (χ3n) is 5.72. The number of hydrogen-bond acceptors (Lipinski definition) is 1. The van der Waals surface area contributed by atoms with E-state index in [1.54, 1.807) is 0 Å². The number of likely N-dealkylation sites (N-methyl/N-ethyl adjacent to an activating group) is 1. The van der Waals surface area contributed by atoms with E-state index < -0.39 is 0 Å². The van der Waals surface area contributed by atoms with Crippen LogP contribution in [0.15, 0.2) is 60.7 Å². The normalized spacial score (nSPS) is 21.7. The van der Waals surface area contributed by atoms with E-state index in [9.17, 15) is 0 Å². The Bertz CT molecular complexity index is 1010. The fourth-order valence-electron chi connectivity index (χ4n) is 4.79. The first-order valence-electron chi connectivity index (χ1n) is 9.00. The highest BCUT2D eigenvalue weighted by Gasteiger charge is 2.37. The van der Waals surface area contributed by atoms with E-state index in [1.165, 1.54) is 33.1 Å². The molecular weight excluding hydrogens is 292 g/mol. The molecule has 2 nitrogen and oxygen atoms in total. The highest BCUT2D eigenvalue weighted by molar-refractivity contribution is 6.12. The van der Waals surface area contributed by atoms with Crippen LogP contribution in [-0.4, -0.2) is 17.2 Å². The Morgan fingerprint density at radius 2 is 1.71 bits per heavy atom. The van der Waals surface area contributed by atoms with Crippen LogP contribution in [0.3, 0.4) is 0 Å². The Labute approximate surface area is 142 Å². The van der Waals surface area contributed by atoms with Gasteiger partial charge >= 0.3 is 0 Å². The minimum atomic E-state index is 0.462. The van der Waals surface area contributed by atoms with Crippen LogP contribution in [-0.2, 0) is 6.54 Å². The second-order valence-corrected chi connectivity index (χ2v) is 6.73. The molecule has 0 saturated heterocycles. The van der Waals surface area contributed by atoms with Crippen molar-refractivity contribution in [2.24, 2.45) is 0 Å². The van der Waals surface area contributed by atoms with Crippen molar-refractivity contribution >= 4 is 27.5 Å². The summed E-state index contributed by atoms with van der Waals surface area (Å²) in [7, 11) is 0. The second-order valence-electron chi connectivity index (χ2n) is 6.73. The largest absolute Gasteiger partial charge is 0.364 e. The van der Waals surface area contributed by atoms with Gasteiger partial charge in [-0.05, 0) is 37.6 Å². The number of aromatic nitrogens is 1. The van der Waals surface area contributed by atoms with E-state index in [0.29, 0.717) is 12.0 Å². The van der Waals surface area contributed by atoms with Crippen molar-refractivity contribution in [2.75, 3.05) is 11.4 Å². The molecule has 0 saturated carbocycles. The Balaban J connectivity index is 1.93. The summed E-state index contributed by atoms with van der Waals surface area (Å²) in [6.07, 6.45) is 9.15. The maximum absolute atomic E-state index is 2.55. The summed E-state index contributed by atoms with van der Waals surface area (Å²) in [6.45, 7) is 6.55. The second kappa shape index (κ2) is 5.01. The number of allylic oxidation sites excluding steroid dienone is 2. The molecule has 1 aliphatic carbocycles. The van der Waals surface area contributed by atoms with Gasteiger partial charge in [0.05, 0.1) is 6.04 Å². The van der Waals surface area contributed by atoms with E-state index in [2.05, 4.69) is 84.0 Å². The van der Waals surface area contributed by atoms with Gasteiger partial charge in [0.15, 0.2) is 0 Å². The van der Waals surface area contributed by atoms with Gasteiger partial charge < -0.3 is 9.47 Å². The molecule has 5 rings (SSSR count). The Morgan fingerprint density at radius 3 is 2.54 bits per heavy atom. The van der Waals surface area contributed by atoms with Crippen molar-refractivity contribution in [1.29, 1.82) is 0 Å². The number of fused-ring (bicyclic) bond motifs is 7. The van der Waals surface area contributed by atoms with Crippen molar-refractivity contribution in [3.8, 4) is 0 Å². The summed E-state index contributed by atoms with van der Waals surface area (Å²) in [5.41, 5.74) is 5.65. The first-order chi connectivity index (χ1) is 11.8. The molecule has 2 heterocycles. The maximum atomic E-state index is 2.55. The maximum Gasteiger partial charge on any atom is 0.0580 e. The van der Waals surface area contributed by atoms with Crippen molar-refractivity contribution in [2.45, 2.75) is 32.4 Å². The van der Waals surface area contributed by atoms with E-state index in [0.717, 1.165) is 13.1 Å². The van der Waals surface area contributed by atoms with E-state index in [1.807, 2.05) is 0 Å². The number of hydrogen-bond donors (Lipinski definition) is 0. The molecule has 0 spiro atoms. The zero-order valence-electron chi connectivity index (χ0n) is 14.2. The van der Waals surface area contributed by atoms with Crippen LogP contribution in [0.25, 0.3) is 21.8 Å². The van der Waals surface area contributed by atoms with Crippen LogP contribution in [0.5, 0.6) is 0 Å². The molecule has 2 aromatic carbocycles. The minimum Gasteiger partial charge on any atom is -0.364 e. The van der Waals surface area contributed by atoms with E-state index in [-0.39, 0.29) is 0 Å². The summed E-state index contributed by atoms with van der Waals surface area (Å²) >= 11 is 0. The van der Waals surface area contributed by atoms with Crippen molar-refractivity contribution in [3.63, 3.8) is 0 Å². The molecule has 1 aliphatic heterocycles. The Kier molecular flexibility index (Phi) is 2.90. The Morgan fingerprint density at radius 1 is 0.875 bits per heavy atom. The third kappa shape index (κ3) is 1.61. The average molecular weight is 314 g/mol. The number of para-hydroxylation sites is 1. The first kappa shape index (κ1) is 13.9. The molecule has 0 radical (unpaired) electrons. The van der Waals surface area contributed by atoms with E-state index in [4.69, 9.17) is 0 Å². The van der Waals surface area contributed by atoms with Crippen LogP contribution in [0.2, 0.25) is 0 Å². The van der Waals surface area contributed by atoms with Gasteiger partial charge in [-0.3, -0.25) is 0 Å². The quantitative estimate of drug-likeness (QED) is 0.628. The van der Waals surface area contributed by atoms with Crippen LogP contribution < -0.4 is 4.90 Å². The molecular formula is C22H22N2. The fraction of sp³-hybridized carbons (Fsp3) is 0.273. The summed E-state index contributed by atoms with van der Waals surface area (Å²) in [5.74, 6) is 0.463. The zero-order chi connectivity index (χ0) is 16.3. The van der Waals surface area contributed by atoms with Gasteiger partial charge in [0.2, 0.25) is 0 Å². The highest BCUT2D eigenvalue weighted by Crippen LogP contribution is 2.49. The smallest absolute Gasteiger partial charge is 0.0580 e. The number of aryl methyl sites for hydroxylation is 1. The molecule has 0 bridgehead atoms. The fourth-order valence-corrected chi connectivity index (χ4v) is 4.79. The molecule has 24 heavy (non-hydrogen) atoms. The summed E-state index contributed by atoms with van der Waals surface area (Å²) in [6, 6.07) is 14.0. The van der Waals surface area contributed by atoms with Gasteiger partial charge in [0.1, 0.15) is 0 Å². The molecule has 2 unspecified atom stereocenters. The van der Waals surface area contributed by atoms with Crippen molar-refractivity contribution in [3.05, 3.63) is 66.3 Å². The van der Waals surface area contributed by atoms with Crippen molar-refractivity contribution in [1.82, 2.24) is 4.57 Å². The van der Waals surface area contributed by atoms with Gasteiger partial charge in [-0.2, -0.15) is 0 Å². The lowest BCUT2D eigenvalue weighted by Gasteiger charge is -2.27. The first-order valence-corrected chi connectivity index (χ1v) is 9.00. The SMILES string of the molecule is CCN1c2ccc3c(c2C2C=CC=CC21)c1ccccc1n3CC. The van der Waals surface area contributed by atoms with E-state index >= 15 is 0 Å². The molecule has 0 amide bonds. The van der Waals surface area contributed by atoms with Gasteiger partial charge in [0.25, 0.3) is 0 Å². The lowest BCUT2D eigenvalue weighted by Crippen LogP contribution is -2.32. The number of rotatable bonds is 2. The molecule has 2 atom stereocenters. The van der Waals surface area contributed by atoms with Crippen LogP contribution >= 0.6 is 0 Å². The topological polar surface area (TPSA) is 8.17 Å². The summed E-state index contributed by atoms with van der Waals surface area (Å²) in [4.78, 5) is 2.55. The average Bonchev–Trinajstić information content (AvgIpc) is 3.13. The lowest BCUT2D eigenvalue weighted by molar-refractivity contribution is 0.690. The van der Waals surface area contributed by atoms with Gasteiger partial charge in [-0.15, -0.1) is 0 Å².